The lowest BCUT2D eigenvalue weighted by atomic mass is 10.6. The van der Waals surface area contributed by atoms with Gasteiger partial charge in [0.2, 0.25) is 5.95 Å². The van der Waals surface area contributed by atoms with E-state index in [9.17, 15) is 4.79 Å². The van der Waals surface area contributed by atoms with Crippen molar-refractivity contribution < 1.29 is 9.63 Å². The number of nitrogens with one attached hydrogen (secondary N) is 2. The van der Waals surface area contributed by atoms with E-state index < -0.39 is 5.91 Å². The number of H-pyrrole nitrogens is 1. The van der Waals surface area contributed by atoms with Crippen LogP contribution in [0.1, 0.15) is 5.69 Å². The molecule has 0 radical (unpaired) electrons. The highest BCUT2D eigenvalue weighted by atomic mass is 16.6. The number of carbonyl (C=O) groups excluding carboxylic acids is 1. The van der Waals surface area contributed by atoms with Gasteiger partial charge in [0, 0.05) is 11.9 Å². The zero-order valence-electron chi connectivity index (χ0n) is 7.37. The van der Waals surface area contributed by atoms with E-state index in [1.165, 1.54) is 7.11 Å². The minimum absolute atomic E-state index is 0.392. The first-order valence-electron chi connectivity index (χ1n) is 3.61. The van der Waals surface area contributed by atoms with Gasteiger partial charge in [0.15, 0.2) is 0 Å². The minimum atomic E-state index is -0.392. The molecule has 6 heteroatoms. The van der Waals surface area contributed by atoms with E-state index in [0.717, 1.165) is 11.9 Å². The third-order valence-electron chi connectivity index (χ3n) is 1.22. The Labute approximate surface area is 75.0 Å². The third-order valence-corrected chi connectivity index (χ3v) is 1.22. The average molecular weight is 182 g/mol. The monoisotopic (exact) mass is 182 g/mol. The van der Waals surface area contributed by atoms with Gasteiger partial charge >= 0.3 is 0 Å². The molecule has 0 fully saturated rings. The van der Waals surface area contributed by atoms with Crippen molar-refractivity contribution in [2.24, 2.45) is 5.16 Å². The van der Waals surface area contributed by atoms with Gasteiger partial charge in [0.1, 0.15) is 13.3 Å². The zero-order valence-corrected chi connectivity index (χ0v) is 7.37. The highest BCUT2D eigenvalue weighted by molar-refractivity contribution is 6.31. The lowest BCUT2D eigenvalue weighted by Crippen LogP contribution is -2.13. The summed E-state index contributed by atoms with van der Waals surface area (Å²) >= 11 is 0. The number of hydrogen-bond donors (Lipinski definition) is 2. The van der Waals surface area contributed by atoms with Crippen LogP contribution in [0, 0.1) is 6.92 Å². The summed E-state index contributed by atoms with van der Waals surface area (Å²) in [4.78, 5) is 22.0. The summed E-state index contributed by atoms with van der Waals surface area (Å²) in [6.07, 6.45) is 2.64. The molecule has 70 valence electrons. The Morgan fingerprint density at radius 2 is 2.62 bits per heavy atom. The molecule has 0 atom stereocenters. The number of rotatable bonds is 3. The van der Waals surface area contributed by atoms with E-state index in [1.54, 1.807) is 6.20 Å². The molecular formula is C7H10N4O2. The van der Waals surface area contributed by atoms with Gasteiger partial charge in [-0.1, -0.05) is 5.16 Å². The van der Waals surface area contributed by atoms with Crippen molar-refractivity contribution in [2.45, 2.75) is 6.92 Å². The Bertz CT molecular complexity index is 318. The summed E-state index contributed by atoms with van der Waals surface area (Å²) in [5.41, 5.74) is 0.874. The molecule has 0 saturated heterocycles. The second kappa shape index (κ2) is 4.24. The van der Waals surface area contributed by atoms with Crippen LogP contribution in [0.4, 0.5) is 5.95 Å². The summed E-state index contributed by atoms with van der Waals surface area (Å²) in [6, 6.07) is 0. The van der Waals surface area contributed by atoms with Crippen molar-refractivity contribution in [3.05, 3.63) is 11.9 Å². The Kier molecular flexibility index (Phi) is 3.02. The Morgan fingerprint density at radius 1 is 1.85 bits per heavy atom. The molecule has 13 heavy (non-hydrogen) atoms. The van der Waals surface area contributed by atoms with Crippen LogP contribution in [0.25, 0.3) is 0 Å². The van der Waals surface area contributed by atoms with Crippen LogP contribution in [-0.4, -0.2) is 29.2 Å². The summed E-state index contributed by atoms with van der Waals surface area (Å²) in [6.45, 7) is 1.84. The molecule has 0 aliphatic heterocycles. The van der Waals surface area contributed by atoms with Gasteiger partial charge in [-0.15, -0.1) is 0 Å². The number of aromatic nitrogens is 2. The van der Waals surface area contributed by atoms with Crippen molar-refractivity contribution in [2.75, 3.05) is 12.4 Å². The molecule has 1 aromatic rings. The Hall–Kier alpha value is -1.85. The molecular weight excluding hydrogens is 172 g/mol. The number of aromatic amines is 1. The maximum atomic E-state index is 11.0. The van der Waals surface area contributed by atoms with Crippen molar-refractivity contribution in [1.29, 1.82) is 0 Å². The summed E-state index contributed by atoms with van der Waals surface area (Å²) in [5.74, 6) is 0.00116. The van der Waals surface area contributed by atoms with Crippen LogP contribution in [0.3, 0.4) is 0 Å². The highest BCUT2D eigenvalue weighted by Crippen LogP contribution is 1.98. The van der Waals surface area contributed by atoms with Crippen molar-refractivity contribution in [1.82, 2.24) is 9.97 Å². The Balaban J connectivity index is 2.50. The van der Waals surface area contributed by atoms with Crippen molar-refractivity contribution >= 4 is 18.1 Å². The zero-order chi connectivity index (χ0) is 9.68. The first kappa shape index (κ1) is 9.24. The van der Waals surface area contributed by atoms with Crippen LogP contribution in [0.15, 0.2) is 11.4 Å². The number of imidazole rings is 1. The predicted octanol–water partition coefficient (Wildman–Crippen LogP) is 0.289. The maximum Gasteiger partial charge on any atom is 0.272 e. The molecule has 0 unspecified atom stereocenters. The van der Waals surface area contributed by atoms with Gasteiger partial charge in [-0.2, -0.15) is 0 Å². The van der Waals surface area contributed by atoms with Crippen LogP contribution in [-0.2, 0) is 9.63 Å². The molecule has 6 nitrogen and oxygen atoms in total. The highest BCUT2D eigenvalue weighted by Gasteiger charge is 2.00. The van der Waals surface area contributed by atoms with Gasteiger partial charge in [-0.3, -0.25) is 10.1 Å². The van der Waals surface area contributed by atoms with E-state index in [1.807, 2.05) is 6.92 Å². The minimum Gasteiger partial charge on any atom is -0.399 e. The maximum absolute atomic E-state index is 11.0. The molecule has 0 bridgehead atoms. The number of hydrogen-bond acceptors (Lipinski definition) is 4. The number of nitrogens with zero attached hydrogens (tertiary/aromatic N) is 2. The van der Waals surface area contributed by atoms with E-state index in [4.69, 9.17) is 0 Å². The topological polar surface area (TPSA) is 79.4 Å². The number of oxime groups is 1. The average Bonchev–Trinajstić information content (AvgIpc) is 2.48. The fourth-order valence-corrected chi connectivity index (χ4v) is 0.726. The van der Waals surface area contributed by atoms with E-state index in [-0.39, 0.29) is 0 Å². The SMILES string of the molecule is CO/N=C/C(=O)Nc1ncc(C)[nH]1. The van der Waals surface area contributed by atoms with E-state index >= 15 is 0 Å². The van der Waals surface area contributed by atoms with E-state index in [0.29, 0.717) is 5.95 Å². The molecule has 1 aromatic heterocycles. The van der Waals surface area contributed by atoms with Crippen molar-refractivity contribution in [3.63, 3.8) is 0 Å². The largest absolute Gasteiger partial charge is 0.399 e. The quantitative estimate of drug-likeness (QED) is 0.520. The van der Waals surface area contributed by atoms with Crippen LogP contribution < -0.4 is 5.32 Å². The van der Waals surface area contributed by atoms with Crippen molar-refractivity contribution in [3.8, 4) is 0 Å². The number of aryl methyl sites for hydroxylation is 1. The molecule has 1 amide bonds. The van der Waals surface area contributed by atoms with Gasteiger partial charge in [0.05, 0.1) is 0 Å². The van der Waals surface area contributed by atoms with Crippen LogP contribution >= 0.6 is 0 Å². The van der Waals surface area contributed by atoms with Gasteiger partial charge in [-0.25, -0.2) is 4.98 Å². The number of carbonyl (C=O) groups is 1. The van der Waals surface area contributed by atoms with E-state index in [2.05, 4.69) is 25.3 Å². The first-order chi connectivity index (χ1) is 6.22. The third kappa shape index (κ3) is 2.94. The standard InChI is InChI=1S/C7H10N4O2/c1-5-3-8-7(10-5)11-6(12)4-9-13-2/h3-4H,1-2H3,(H2,8,10,11,12)/b9-4+. The molecule has 0 aliphatic rings. The van der Waals surface area contributed by atoms with Crippen LogP contribution in [0.5, 0.6) is 0 Å². The predicted molar refractivity (Wildman–Crippen MR) is 47.5 cm³/mol. The Morgan fingerprint density at radius 3 is 3.15 bits per heavy atom. The lowest BCUT2D eigenvalue weighted by Gasteiger charge is -1.94. The second-order valence-electron chi connectivity index (χ2n) is 2.32. The number of amides is 1. The smallest absolute Gasteiger partial charge is 0.272 e. The molecule has 0 saturated carbocycles. The first-order valence-corrected chi connectivity index (χ1v) is 3.61. The van der Waals surface area contributed by atoms with Gasteiger partial charge in [0.25, 0.3) is 5.91 Å². The summed E-state index contributed by atoms with van der Waals surface area (Å²) < 4.78 is 0. The molecule has 0 aliphatic carbocycles. The normalized spacial score (nSPS) is 10.3. The fourth-order valence-electron chi connectivity index (χ4n) is 0.726. The van der Waals surface area contributed by atoms with Crippen LogP contribution in [0.2, 0.25) is 0 Å². The summed E-state index contributed by atoms with van der Waals surface area (Å²) in [7, 11) is 1.36. The molecule has 0 spiro atoms. The summed E-state index contributed by atoms with van der Waals surface area (Å²) in [5, 5.41) is 5.76. The van der Waals surface area contributed by atoms with Gasteiger partial charge in [-0.05, 0) is 6.92 Å². The second-order valence-corrected chi connectivity index (χ2v) is 2.32. The lowest BCUT2D eigenvalue weighted by molar-refractivity contribution is -0.110. The molecule has 1 heterocycles. The fraction of sp³-hybridized carbons (Fsp3) is 0.286. The molecule has 2 N–H and O–H groups in total. The number of anilines is 1. The van der Waals surface area contributed by atoms with Gasteiger partial charge < -0.3 is 9.82 Å². The molecule has 1 rings (SSSR count). The molecule has 0 aromatic carbocycles.